The summed E-state index contributed by atoms with van der Waals surface area (Å²) in [5, 5.41) is 0. The lowest BCUT2D eigenvalue weighted by atomic mass is 10.0. The highest BCUT2D eigenvalue weighted by atomic mass is 19.1. The van der Waals surface area contributed by atoms with Crippen molar-refractivity contribution in [2.75, 3.05) is 0 Å². The van der Waals surface area contributed by atoms with Gasteiger partial charge in [-0.3, -0.25) is 0 Å². The number of rotatable bonds is 2. The third kappa shape index (κ3) is 1.73. The first-order valence-electron chi connectivity index (χ1n) is 4.07. The fourth-order valence-corrected chi connectivity index (χ4v) is 1.08. The first-order valence-corrected chi connectivity index (χ1v) is 4.07. The van der Waals surface area contributed by atoms with Crippen LogP contribution in [0.15, 0.2) is 24.8 Å². The summed E-state index contributed by atoms with van der Waals surface area (Å²) in [5.41, 5.74) is 1.73. The summed E-state index contributed by atoms with van der Waals surface area (Å²) in [6.45, 7) is 7.72. The third-order valence-electron chi connectivity index (χ3n) is 1.91. The number of benzene rings is 1. The molecule has 0 aliphatic rings. The van der Waals surface area contributed by atoms with Crippen molar-refractivity contribution in [3.05, 3.63) is 41.7 Å². The van der Waals surface area contributed by atoms with Crippen LogP contribution in [-0.2, 0) is 0 Å². The van der Waals surface area contributed by atoms with Crippen LogP contribution in [0.5, 0.6) is 0 Å². The van der Waals surface area contributed by atoms with Crippen molar-refractivity contribution in [3.63, 3.8) is 0 Å². The molecule has 0 nitrogen and oxygen atoms in total. The van der Waals surface area contributed by atoms with Crippen LogP contribution in [0.3, 0.4) is 0 Å². The minimum Gasteiger partial charge on any atom is -0.206 e. The Labute approximate surface area is 72.7 Å². The Morgan fingerprint density at radius 2 is 2.08 bits per heavy atom. The Bertz CT molecular complexity index is 287. The first-order chi connectivity index (χ1) is 5.65. The average Bonchev–Trinajstić information content (AvgIpc) is 2.05. The molecule has 0 radical (unpaired) electrons. The lowest BCUT2D eigenvalue weighted by Gasteiger charge is -2.06. The molecule has 0 unspecified atom stereocenters. The summed E-state index contributed by atoms with van der Waals surface area (Å²) >= 11 is 0. The van der Waals surface area contributed by atoms with Crippen LogP contribution >= 0.6 is 0 Å². The number of hydrogen-bond acceptors (Lipinski definition) is 0. The quantitative estimate of drug-likeness (QED) is 0.626. The van der Waals surface area contributed by atoms with Gasteiger partial charge in [-0.2, -0.15) is 0 Å². The van der Waals surface area contributed by atoms with Gasteiger partial charge < -0.3 is 0 Å². The van der Waals surface area contributed by atoms with Gasteiger partial charge in [0.15, 0.2) is 0 Å². The number of hydrogen-bond donors (Lipinski definition) is 0. The first kappa shape index (κ1) is 8.98. The molecule has 0 atom stereocenters. The predicted molar refractivity (Wildman–Crippen MR) is 50.6 cm³/mol. The molecule has 0 saturated carbocycles. The van der Waals surface area contributed by atoms with E-state index >= 15 is 0 Å². The lowest BCUT2D eigenvalue weighted by molar-refractivity contribution is 0.623. The van der Waals surface area contributed by atoms with Gasteiger partial charge in [-0.15, -0.1) is 0 Å². The van der Waals surface area contributed by atoms with Crippen molar-refractivity contribution in [2.45, 2.75) is 19.8 Å². The summed E-state index contributed by atoms with van der Waals surface area (Å²) in [7, 11) is 0. The molecule has 1 aromatic rings. The Morgan fingerprint density at radius 1 is 1.42 bits per heavy atom. The summed E-state index contributed by atoms with van der Waals surface area (Å²) in [4.78, 5) is 0. The highest BCUT2D eigenvalue weighted by molar-refractivity contribution is 5.49. The van der Waals surface area contributed by atoms with E-state index in [4.69, 9.17) is 0 Å². The SMILES string of the molecule is C=Cc1cc(C(C)C)ccc1F. The van der Waals surface area contributed by atoms with E-state index in [1.807, 2.05) is 12.1 Å². The van der Waals surface area contributed by atoms with Crippen LogP contribution in [0.1, 0.15) is 30.9 Å². The third-order valence-corrected chi connectivity index (χ3v) is 1.91. The van der Waals surface area contributed by atoms with Gasteiger partial charge in [-0.1, -0.05) is 32.6 Å². The van der Waals surface area contributed by atoms with E-state index in [-0.39, 0.29) is 5.82 Å². The maximum absolute atomic E-state index is 13.0. The smallest absolute Gasteiger partial charge is 0.130 e. The molecule has 1 rings (SSSR count). The van der Waals surface area contributed by atoms with E-state index in [0.717, 1.165) is 5.56 Å². The molecule has 0 aliphatic carbocycles. The molecule has 0 heterocycles. The second-order valence-corrected chi connectivity index (χ2v) is 3.14. The van der Waals surface area contributed by atoms with Crippen molar-refractivity contribution in [2.24, 2.45) is 0 Å². The van der Waals surface area contributed by atoms with Gasteiger partial charge in [0.25, 0.3) is 0 Å². The lowest BCUT2D eigenvalue weighted by Crippen LogP contribution is -1.90. The van der Waals surface area contributed by atoms with E-state index in [9.17, 15) is 4.39 Å². The van der Waals surface area contributed by atoms with Crippen LogP contribution in [0, 0.1) is 5.82 Å². The molecule has 12 heavy (non-hydrogen) atoms. The van der Waals surface area contributed by atoms with E-state index in [1.165, 1.54) is 6.07 Å². The molecule has 0 spiro atoms. The molecule has 0 saturated heterocycles. The van der Waals surface area contributed by atoms with Crippen molar-refractivity contribution < 1.29 is 4.39 Å². The second kappa shape index (κ2) is 3.53. The van der Waals surface area contributed by atoms with Crippen molar-refractivity contribution >= 4 is 6.08 Å². The van der Waals surface area contributed by atoms with E-state index in [0.29, 0.717) is 11.5 Å². The molecule has 64 valence electrons. The van der Waals surface area contributed by atoms with Gasteiger partial charge >= 0.3 is 0 Å². The highest BCUT2D eigenvalue weighted by Crippen LogP contribution is 2.18. The standard InChI is InChI=1S/C11H13F/c1-4-9-7-10(8(2)3)5-6-11(9)12/h4-8H,1H2,2-3H3. The molecule has 0 bridgehead atoms. The molecule has 0 amide bonds. The minimum absolute atomic E-state index is 0.200. The second-order valence-electron chi connectivity index (χ2n) is 3.14. The minimum atomic E-state index is -0.200. The van der Waals surface area contributed by atoms with Crippen LogP contribution in [0.2, 0.25) is 0 Å². The van der Waals surface area contributed by atoms with E-state index in [1.54, 1.807) is 6.08 Å². The van der Waals surface area contributed by atoms with Crippen molar-refractivity contribution in [1.82, 2.24) is 0 Å². The summed E-state index contributed by atoms with van der Waals surface area (Å²) in [6, 6.07) is 5.15. The van der Waals surface area contributed by atoms with Gasteiger partial charge in [0, 0.05) is 5.56 Å². The molecule has 0 aromatic heterocycles. The van der Waals surface area contributed by atoms with Crippen molar-refractivity contribution in [3.8, 4) is 0 Å². The van der Waals surface area contributed by atoms with Gasteiger partial charge in [-0.05, 0) is 23.6 Å². The molecule has 1 aromatic carbocycles. The molecule has 0 aliphatic heterocycles. The maximum Gasteiger partial charge on any atom is 0.130 e. The zero-order valence-corrected chi connectivity index (χ0v) is 7.47. The molecule has 0 fully saturated rings. The predicted octanol–water partition coefficient (Wildman–Crippen LogP) is 3.59. The molecular formula is C11H13F. The fraction of sp³-hybridized carbons (Fsp3) is 0.273. The Morgan fingerprint density at radius 3 is 2.58 bits per heavy atom. The number of halogens is 1. The molecule has 0 N–H and O–H groups in total. The maximum atomic E-state index is 13.0. The zero-order chi connectivity index (χ0) is 9.14. The highest BCUT2D eigenvalue weighted by Gasteiger charge is 2.02. The zero-order valence-electron chi connectivity index (χ0n) is 7.47. The molecular weight excluding hydrogens is 151 g/mol. The van der Waals surface area contributed by atoms with Gasteiger partial charge in [0.2, 0.25) is 0 Å². The van der Waals surface area contributed by atoms with E-state index in [2.05, 4.69) is 20.4 Å². The Kier molecular flexibility index (Phi) is 2.64. The normalized spacial score (nSPS) is 10.3. The topological polar surface area (TPSA) is 0 Å². The van der Waals surface area contributed by atoms with Gasteiger partial charge in [-0.25, -0.2) is 4.39 Å². The summed E-state index contributed by atoms with van der Waals surface area (Å²) in [5.74, 6) is 0.235. The summed E-state index contributed by atoms with van der Waals surface area (Å²) < 4.78 is 13.0. The van der Waals surface area contributed by atoms with Gasteiger partial charge in [0.1, 0.15) is 5.82 Å². The van der Waals surface area contributed by atoms with Crippen LogP contribution in [0.4, 0.5) is 4.39 Å². The van der Waals surface area contributed by atoms with Gasteiger partial charge in [0.05, 0.1) is 0 Å². The van der Waals surface area contributed by atoms with Crippen LogP contribution in [-0.4, -0.2) is 0 Å². The average molecular weight is 164 g/mol. The Hall–Kier alpha value is -1.11. The van der Waals surface area contributed by atoms with Crippen molar-refractivity contribution in [1.29, 1.82) is 0 Å². The van der Waals surface area contributed by atoms with E-state index < -0.39 is 0 Å². The monoisotopic (exact) mass is 164 g/mol. The molecule has 1 heteroatoms. The van der Waals surface area contributed by atoms with Crippen LogP contribution in [0.25, 0.3) is 6.08 Å². The largest absolute Gasteiger partial charge is 0.206 e. The fourth-order valence-electron chi connectivity index (χ4n) is 1.08. The summed E-state index contributed by atoms with van der Waals surface area (Å²) in [6.07, 6.45) is 1.54. The van der Waals surface area contributed by atoms with Crippen LogP contribution < -0.4 is 0 Å². The Balaban J connectivity index is 3.13.